The molecule has 0 N–H and O–H groups in total. The highest BCUT2D eigenvalue weighted by Crippen LogP contribution is 2.31. The van der Waals surface area contributed by atoms with Gasteiger partial charge in [0.1, 0.15) is 0 Å². The zero-order valence-electron chi connectivity index (χ0n) is 21.2. The van der Waals surface area contributed by atoms with E-state index in [1.165, 1.54) is 0 Å². The number of hydrogen-bond acceptors (Lipinski definition) is 4. The Labute approximate surface area is 218 Å². The molecular formula is C30H31N3O3S. The summed E-state index contributed by atoms with van der Waals surface area (Å²) in [6.45, 7) is 4.51. The number of carbonyl (C=O) groups excluding carboxylic acids is 1. The van der Waals surface area contributed by atoms with Crippen molar-refractivity contribution in [1.29, 1.82) is 0 Å². The van der Waals surface area contributed by atoms with E-state index in [0.29, 0.717) is 24.3 Å². The van der Waals surface area contributed by atoms with Crippen molar-refractivity contribution in [3.05, 3.63) is 119 Å². The number of sulfone groups is 1. The van der Waals surface area contributed by atoms with Gasteiger partial charge in [-0.1, -0.05) is 72.8 Å². The van der Waals surface area contributed by atoms with Crippen LogP contribution in [0.15, 0.2) is 90.2 Å². The first kappa shape index (κ1) is 25.0. The van der Waals surface area contributed by atoms with Crippen LogP contribution in [0.4, 0.5) is 0 Å². The lowest BCUT2D eigenvalue weighted by Crippen LogP contribution is -2.34. The topological polar surface area (TPSA) is 72.3 Å². The minimum Gasteiger partial charge on any atom is -0.330 e. The number of nitrogens with zero attached hydrogens (tertiary/aromatic N) is 3. The predicted octanol–water partition coefficient (Wildman–Crippen LogP) is 5.33. The molecule has 4 aromatic rings. The Kier molecular flexibility index (Phi) is 6.98. The highest BCUT2D eigenvalue weighted by atomic mass is 32.2. The van der Waals surface area contributed by atoms with Crippen molar-refractivity contribution >= 4 is 15.7 Å². The third-order valence-electron chi connectivity index (χ3n) is 6.93. The Morgan fingerprint density at radius 2 is 1.57 bits per heavy atom. The monoisotopic (exact) mass is 513 g/mol. The van der Waals surface area contributed by atoms with Gasteiger partial charge in [-0.2, -0.15) is 0 Å². The number of rotatable bonds is 9. The molecule has 3 aromatic carbocycles. The average molecular weight is 514 g/mol. The lowest BCUT2D eigenvalue weighted by molar-refractivity contribution is 0.0725. The number of aromatic nitrogens is 2. The van der Waals surface area contributed by atoms with Crippen molar-refractivity contribution in [2.45, 2.75) is 56.7 Å². The van der Waals surface area contributed by atoms with E-state index in [1.807, 2.05) is 97.6 Å². The van der Waals surface area contributed by atoms with Gasteiger partial charge in [0.25, 0.3) is 5.91 Å². The highest BCUT2D eigenvalue weighted by molar-refractivity contribution is 7.90. The van der Waals surface area contributed by atoms with Gasteiger partial charge in [0, 0.05) is 11.6 Å². The first-order valence-electron chi connectivity index (χ1n) is 12.6. The van der Waals surface area contributed by atoms with E-state index >= 15 is 0 Å². The summed E-state index contributed by atoms with van der Waals surface area (Å²) in [5.74, 6) is -0.156. The van der Waals surface area contributed by atoms with Crippen LogP contribution in [-0.4, -0.2) is 34.8 Å². The van der Waals surface area contributed by atoms with E-state index in [2.05, 4.69) is 4.98 Å². The smallest absolute Gasteiger partial charge is 0.254 e. The summed E-state index contributed by atoms with van der Waals surface area (Å²) >= 11 is 0. The first-order valence-corrected chi connectivity index (χ1v) is 14.2. The van der Waals surface area contributed by atoms with Gasteiger partial charge in [-0.05, 0) is 55.0 Å². The lowest BCUT2D eigenvalue weighted by atomic mass is 10.1. The Balaban J connectivity index is 1.52. The van der Waals surface area contributed by atoms with Crippen molar-refractivity contribution < 1.29 is 13.2 Å². The Bertz CT molecular complexity index is 1520. The molecule has 1 heterocycles. The van der Waals surface area contributed by atoms with Crippen molar-refractivity contribution in [2.24, 2.45) is 0 Å². The SMILES string of the molecule is Cc1ccccc1CS(=O)(=O)c1ncc(CN(C(=O)c2ccccc2C)C2CC2)n1Cc1ccccc1. The summed E-state index contributed by atoms with van der Waals surface area (Å²) in [6, 6.07) is 25.0. The van der Waals surface area contributed by atoms with E-state index in [4.69, 9.17) is 0 Å². The molecule has 0 bridgehead atoms. The van der Waals surface area contributed by atoms with Crippen LogP contribution >= 0.6 is 0 Å². The van der Waals surface area contributed by atoms with Gasteiger partial charge >= 0.3 is 0 Å². The van der Waals surface area contributed by atoms with Gasteiger partial charge < -0.3 is 9.47 Å². The molecule has 0 aliphatic heterocycles. The molecule has 37 heavy (non-hydrogen) atoms. The van der Waals surface area contributed by atoms with Gasteiger partial charge in [-0.15, -0.1) is 0 Å². The van der Waals surface area contributed by atoms with Gasteiger partial charge in [0.15, 0.2) is 0 Å². The summed E-state index contributed by atoms with van der Waals surface area (Å²) in [7, 11) is -3.74. The molecule has 1 aliphatic carbocycles. The normalized spacial score (nSPS) is 13.5. The molecule has 0 spiro atoms. The van der Waals surface area contributed by atoms with E-state index < -0.39 is 9.84 Å². The predicted molar refractivity (Wildman–Crippen MR) is 144 cm³/mol. The molecule has 0 radical (unpaired) electrons. The fraction of sp³-hybridized carbons (Fsp3) is 0.267. The Morgan fingerprint density at radius 3 is 2.24 bits per heavy atom. The number of hydrogen-bond donors (Lipinski definition) is 0. The molecule has 1 saturated carbocycles. The second-order valence-corrected chi connectivity index (χ2v) is 11.7. The second-order valence-electron chi connectivity index (χ2n) is 9.77. The summed E-state index contributed by atoms with van der Waals surface area (Å²) in [5.41, 5.74) is 4.97. The van der Waals surface area contributed by atoms with Gasteiger partial charge in [0.05, 0.1) is 30.7 Å². The van der Waals surface area contributed by atoms with Crippen LogP contribution < -0.4 is 0 Å². The highest BCUT2D eigenvalue weighted by Gasteiger charge is 2.35. The summed E-state index contributed by atoms with van der Waals surface area (Å²) in [6.07, 6.45) is 3.51. The van der Waals surface area contributed by atoms with E-state index in [1.54, 1.807) is 10.8 Å². The zero-order chi connectivity index (χ0) is 26.0. The second kappa shape index (κ2) is 10.3. The third-order valence-corrected chi connectivity index (χ3v) is 8.50. The average Bonchev–Trinajstić information content (AvgIpc) is 3.65. The zero-order valence-corrected chi connectivity index (χ0v) is 22.0. The van der Waals surface area contributed by atoms with Crippen LogP contribution in [0.2, 0.25) is 0 Å². The fourth-order valence-corrected chi connectivity index (χ4v) is 6.23. The molecule has 1 fully saturated rings. The Morgan fingerprint density at radius 1 is 0.919 bits per heavy atom. The van der Waals surface area contributed by atoms with Crippen molar-refractivity contribution in [3.63, 3.8) is 0 Å². The maximum absolute atomic E-state index is 13.6. The summed E-state index contributed by atoms with van der Waals surface area (Å²) in [4.78, 5) is 19.9. The maximum Gasteiger partial charge on any atom is 0.254 e. The summed E-state index contributed by atoms with van der Waals surface area (Å²) in [5, 5.41) is 0.0358. The molecule has 0 saturated heterocycles. The van der Waals surface area contributed by atoms with Crippen LogP contribution in [0.3, 0.4) is 0 Å². The summed E-state index contributed by atoms with van der Waals surface area (Å²) < 4.78 is 29.1. The van der Waals surface area contributed by atoms with Gasteiger partial charge in [-0.3, -0.25) is 4.79 Å². The number of aryl methyl sites for hydroxylation is 2. The fourth-order valence-electron chi connectivity index (χ4n) is 4.64. The maximum atomic E-state index is 13.6. The Hall–Kier alpha value is -3.71. The van der Waals surface area contributed by atoms with Gasteiger partial charge in [-0.25, -0.2) is 13.4 Å². The van der Waals surface area contributed by atoms with E-state index in [-0.39, 0.29) is 22.9 Å². The van der Waals surface area contributed by atoms with Crippen molar-refractivity contribution in [1.82, 2.24) is 14.5 Å². The van der Waals surface area contributed by atoms with E-state index in [0.717, 1.165) is 35.1 Å². The molecule has 190 valence electrons. The molecule has 7 heteroatoms. The van der Waals surface area contributed by atoms with Crippen LogP contribution in [-0.2, 0) is 28.7 Å². The van der Waals surface area contributed by atoms with Crippen LogP contribution in [0.1, 0.15) is 51.1 Å². The first-order chi connectivity index (χ1) is 17.8. The minimum absolute atomic E-state index is 0.0302. The number of carbonyl (C=O) groups is 1. The molecule has 1 aromatic heterocycles. The number of benzene rings is 3. The molecule has 0 atom stereocenters. The molecule has 1 amide bonds. The molecular weight excluding hydrogens is 482 g/mol. The van der Waals surface area contributed by atoms with Gasteiger partial charge in [0.2, 0.25) is 15.0 Å². The van der Waals surface area contributed by atoms with Crippen molar-refractivity contribution in [3.8, 4) is 0 Å². The standard InChI is InChI=1S/C30H31N3O3S/c1-22-10-6-8-14-25(22)21-37(35,36)30-31-18-27(33(30)19-24-12-4-3-5-13-24)20-32(26-16-17-26)29(34)28-15-9-7-11-23(28)2/h3-15,18,26H,16-17,19-21H2,1-2H3. The molecule has 0 unspecified atom stereocenters. The largest absolute Gasteiger partial charge is 0.330 e. The third kappa shape index (κ3) is 5.52. The lowest BCUT2D eigenvalue weighted by Gasteiger charge is -2.24. The van der Waals surface area contributed by atoms with E-state index in [9.17, 15) is 13.2 Å². The quantitative estimate of drug-likeness (QED) is 0.303. The number of imidazole rings is 1. The molecule has 1 aliphatic rings. The number of amides is 1. The molecule has 5 rings (SSSR count). The molecule has 6 nitrogen and oxygen atoms in total. The minimum atomic E-state index is -3.74. The van der Waals surface area contributed by atoms with Crippen molar-refractivity contribution in [2.75, 3.05) is 0 Å². The van der Waals surface area contributed by atoms with Crippen LogP contribution in [0, 0.1) is 13.8 Å². The van der Waals surface area contributed by atoms with Crippen LogP contribution in [0.25, 0.3) is 0 Å². The van der Waals surface area contributed by atoms with Crippen LogP contribution in [0.5, 0.6) is 0 Å².